The number of likely N-dealkylation sites (N-methyl/N-ethyl adjacent to an activating group) is 1. The van der Waals surface area contributed by atoms with Crippen LogP contribution in [0.4, 0.5) is 0 Å². The molecule has 1 aliphatic heterocycles. The molecular weight excluding hydrogens is 307 g/mol. The number of hydrogen-bond donors (Lipinski definition) is 1. The fourth-order valence-corrected chi connectivity index (χ4v) is 2.55. The topological polar surface area (TPSA) is 32.3 Å². The summed E-state index contributed by atoms with van der Waals surface area (Å²) in [6.07, 6.45) is 1.97. The highest BCUT2D eigenvalue weighted by atomic mass is 35.5. The van der Waals surface area contributed by atoms with Gasteiger partial charge in [-0.2, -0.15) is 0 Å². The summed E-state index contributed by atoms with van der Waals surface area (Å²) in [5.41, 5.74) is 0.873. The molecule has 0 radical (unpaired) electrons. The number of halogens is 3. The van der Waals surface area contributed by atoms with E-state index in [2.05, 4.69) is 5.32 Å². The van der Waals surface area contributed by atoms with E-state index in [0.29, 0.717) is 16.6 Å². The van der Waals surface area contributed by atoms with Gasteiger partial charge in [0.25, 0.3) is 0 Å². The molecule has 1 N–H and O–H groups in total. The van der Waals surface area contributed by atoms with Crippen molar-refractivity contribution in [2.45, 2.75) is 25.4 Å². The minimum atomic E-state index is -0.0482. The zero-order valence-electron chi connectivity index (χ0n) is 10.7. The summed E-state index contributed by atoms with van der Waals surface area (Å²) in [5, 5.41) is 4.25. The second-order valence-corrected chi connectivity index (χ2v) is 5.34. The molecule has 6 heteroatoms. The molecule has 19 heavy (non-hydrogen) atoms. The molecule has 106 valence electrons. The minimum Gasteiger partial charge on any atom is -0.340 e. The second kappa shape index (κ2) is 7.34. The molecule has 1 saturated heterocycles. The standard InChI is InChI=1S/C13H16Cl2N2O.ClH/c1-17(13(18)11-6-3-7-16-11)8-9-4-2-5-10(14)12(9)15;/h2,4-5,11,16H,3,6-8H2,1H3;1H/t11-;/m0./s1. The van der Waals surface area contributed by atoms with Crippen molar-refractivity contribution in [3.8, 4) is 0 Å². The van der Waals surface area contributed by atoms with Crippen LogP contribution in [0.3, 0.4) is 0 Å². The van der Waals surface area contributed by atoms with E-state index in [0.717, 1.165) is 24.9 Å². The van der Waals surface area contributed by atoms with Gasteiger partial charge in [0.2, 0.25) is 5.91 Å². The van der Waals surface area contributed by atoms with Gasteiger partial charge >= 0.3 is 0 Å². The lowest BCUT2D eigenvalue weighted by Crippen LogP contribution is -2.41. The Bertz CT molecular complexity index is 448. The van der Waals surface area contributed by atoms with Gasteiger partial charge in [-0.05, 0) is 31.0 Å². The first-order valence-corrected chi connectivity index (χ1v) is 6.76. The van der Waals surface area contributed by atoms with Crippen LogP contribution in [0.1, 0.15) is 18.4 Å². The predicted octanol–water partition coefficient (Wildman–Crippen LogP) is 3.13. The molecule has 3 nitrogen and oxygen atoms in total. The smallest absolute Gasteiger partial charge is 0.239 e. The molecule has 1 aromatic carbocycles. The van der Waals surface area contributed by atoms with E-state index in [-0.39, 0.29) is 24.4 Å². The molecule has 0 aromatic heterocycles. The Labute approximate surface area is 129 Å². The Morgan fingerprint density at radius 1 is 1.47 bits per heavy atom. The number of hydrogen-bond acceptors (Lipinski definition) is 2. The van der Waals surface area contributed by atoms with Gasteiger partial charge in [-0.15, -0.1) is 12.4 Å². The van der Waals surface area contributed by atoms with Crippen molar-refractivity contribution in [1.29, 1.82) is 0 Å². The number of nitrogens with one attached hydrogen (secondary N) is 1. The van der Waals surface area contributed by atoms with E-state index >= 15 is 0 Å². The van der Waals surface area contributed by atoms with Crippen molar-refractivity contribution in [1.82, 2.24) is 10.2 Å². The molecule has 1 amide bonds. The maximum atomic E-state index is 12.1. The van der Waals surface area contributed by atoms with Crippen LogP contribution in [0.15, 0.2) is 18.2 Å². The van der Waals surface area contributed by atoms with Crippen molar-refractivity contribution in [2.75, 3.05) is 13.6 Å². The fourth-order valence-electron chi connectivity index (χ4n) is 2.17. The first kappa shape index (κ1) is 16.6. The minimum absolute atomic E-state index is 0. The van der Waals surface area contributed by atoms with E-state index in [9.17, 15) is 4.79 Å². The number of carbonyl (C=O) groups excluding carboxylic acids is 1. The van der Waals surface area contributed by atoms with Crippen LogP contribution >= 0.6 is 35.6 Å². The highest BCUT2D eigenvalue weighted by Crippen LogP contribution is 2.26. The molecule has 0 saturated carbocycles. The van der Waals surface area contributed by atoms with E-state index in [1.165, 1.54) is 0 Å². The highest BCUT2D eigenvalue weighted by Gasteiger charge is 2.25. The largest absolute Gasteiger partial charge is 0.340 e. The van der Waals surface area contributed by atoms with Gasteiger partial charge in [-0.3, -0.25) is 4.79 Å². The molecule has 1 heterocycles. The van der Waals surface area contributed by atoms with Crippen LogP contribution in [-0.4, -0.2) is 30.4 Å². The number of rotatable bonds is 3. The van der Waals surface area contributed by atoms with Gasteiger partial charge in [-0.1, -0.05) is 35.3 Å². The number of nitrogens with zero attached hydrogens (tertiary/aromatic N) is 1. The molecule has 2 rings (SSSR count). The zero-order chi connectivity index (χ0) is 13.1. The van der Waals surface area contributed by atoms with Crippen molar-refractivity contribution >= 4 is 41.5 Å². The Hall–Kier alpha value is -0.480. The lowest BCUT2D eigenvalue weighted by atomic mass is 10.1. The summed E-state index contributed by atoms with van der Waals surface area (Å²) >= 11 is 12.1. The van der Waals surface area contributed by atoms with Crippen LogP contribution < -0.4 is 5.32 Å². The molecule has 0 unspecified atom stereocenters. The maximum absolute atomic E-state index is 12.1. The second-order valence-electron chi connectivity index (χ2n) is 4.56. The van der Waals surface area contributed by atoms with Gasteiger partial charge in [0.15, 0.2) is 0 Å². The van der Waals surface area contributed by atoms with Crippen molar-refractivity contribution in [2.24, 2.45) is 0 Å². The molecule has 0 bridgehead atoms. The monoisotopic (exact) mass is 322 g/mol. The lowest BCUT2D eigenvalue weighted by Gasteiger charge is -2.21. The van der Waals surface area contributed by atoms with Gasteiger partial charge in [-0.25, -0.2) is 0 Å². The molecule has 1 aromatic rings. The zero-order valence-corrected chi connectivity index (χ0v) is 13.0. The normalized spacial score (nSPS) is 17.9. The third-order valence-electron chi connectivity index (χ3n) is 3.17. The Morgan fingerprint density at radius 3 is 2.84 bits per heavy atom. The highest BCUT2D eigenvalue weighted by molar-refractivity contribution is 6.42. The first-order chi connectivity index (χ1) is 8.59. The van der Waals surface area contributed by atoms with Gasteiger partial charge in [0.05, 0.1) is 16.1 Å². The van der Waals surface area contributed by atoms with E-state index in [1.807, 2.05) is 12.1 Å². The average molecular weight is 324 g/mol. The summed E-state index contributed by atoms with van der Waals surface area (Å²) < 4.78 is 0. The van der Waals surface area contributed by atoms with Crippen molar-refractivity contribution < 1.29 is 4.79 Å². The summed E-state index contributed by atoms with van der Waals surface area (Å²) in [6.45, 7) is 1.40. The summed E-state index contributed by atoms with van der Waals surface area (Å²) in [6, 6.07) is 5.43. The van der Waals surface area contributed by atoms with E-state index in [4.69, 9.17) is 23.2 Å². The quantitative estimate of drug-likeness (QED) is 0.927. The lowest BCUT2D eigenvalue weighted by molar-refractivity contribution is -0.132. The number of amides is 1. The van der Waals surface area contributed by atoms with E-state index in [1.54, 1.807) is 18.0 Å². The van der Waals surface area contributed by atoms with Crippen LogP contribution in [0.5, 0.6) is 0 Å². The Balaban J connectivity index is 0.00000180. The molecule has 1 fully saturated rings. The number of carbonyl (C=O) groups is 1. The third-order valence-corrected chi connectivity index (χ3v) is 4.03. The Morgan fingerprint density at radius 2 is 2.21 bits per heavy atom. The number of benzene rings is 1. The average Bonchev–Trinajstić information content (AvgIpc) is 2.87. The molecule has 0 aliphatic carbocycles. The summed E-state index contributed by atoms with van der Waals surface area (Å²) in [7, 11) is 1.79. The Kier molecular flexibility index (Phi) is 6.40. The van der Waals surface area contributed by atoms with Gasteiger partial charge in [0, 0.05) is 13.6 Å². The van der Waals surface area contributed by atoms with Crippen LogP contribution in [0.25, 0.3) is 0 Å². The summed E-state index contributed by atoms with van der Waals surface area (Å²) in [5.74, 6) is 0.114. The predicted molar refractivity (Wildman–Crippen MR) is 81.2 cm³/mol. The molecule has 1 atom stereocenters. The molecule has 1 aliphatic rings. The van der Waals surface area contributed by atoms with Crippen LogP contribution in [0.2, 0.25) is 10.0 Å². The summed E-state index contributed by atoms with van der Waals surface area (Å²) in [4.78, 5) is 13.8. The van der Waals surface area contributed by atoms with Crippen molar-refractivity contribution in [3.05, 3.63) is 33.8 Å². The van der Waals surface area contributed by atoms with Crippen LogP contribution in [0, 0.1) is 0 Å². The SMILES string of the molecule is CN(Cc1cccc(Cl)c1Cl)C(=O)[C@@H]1CCCN1.Cl. The van der Waals surface area contributed by atoms with Gasteiger partial charge in [0.1, 0.15) is 0 Å². The van der Waals surface area contributed by atoms with Crippen LogP contribution in [-0.2, 0) is 11.3 Å². The van der Waals surface area contributed by atoms with E-state index < -0.39 is 0 Å². The first-order valence-electron chi connectivity index (χ1n) is 6.01. The van der Waals surface area contributed by atoms with Crippen molar-refractivity contribution in [3.63, 3.8) is 0 Å². The fraction of sp³-hybridized carbons (Fsp3) is 0.462. The third kappa shape index (κ3) is 3.99. The maximum Gasteiger partial charge on any atom is 0.239 e. The molecular formula is C13H17Cl3N2O. The van der Waals surface area contributed by atoms with Gasteiger partial charge < -0.3 is 10.2 Å². The molecule has 0 spiro atoms.